The highest BCUT2D eigenvalue weighted by atomic mass is 79.9. The summed E-state index contributed by atoms with van der Waals surface area (Å²) in [5, 5.41) is 3.87. The lowest BCUT2D eigenvalue weighted by atomic mass is 9.94. The number of nitrogens with one attached hydrogen (secondary N) is 1. The highest BCUT2D eigenvalue weighted by Crippen LogP contribution is 2.27. The van der Waals surface area contributed by atoms with Crippen molar-refractivity contribution in [1.82, 2.24) is 5.32 Å². The van der Waals surface area contributed by atoms with Gasteiger partial charge in [0.25, 0.3) is 5.91 Å². The van der Waals surface area contributed by atoms with Crippen molar-refractivity contribution in [3.8, 4) is 0 Å². The molecule has 19 heavy (non-hydrogen) atoms. The Morgan fingerprint density at radius 1 is 1.37 bits per heavy atom. The predicted octanol–water partition coefficient (Wildman–Crippen LogP) is 3.44. The maximum absolute atomic E-state index is 12.1. The molecule has 2 rings (SSSR count). The van der Waals surface area contributed by atoms with Crippen molar-refractivity contribution in [2.24, 2.45) is 0 Å². The molecule has 3 nitrogen and oxygen atoms in total. The lowest BCUT2D eigenvalue weighted by molar-refractivity contribution is 0.0928. The zero-order valence-corrected chi connectivity index (χ0v) is 13.4. The van der Waals surface area contributed by atoms with Crippen molar-refractivity contribution in [3.63, 3.8) is 0 Å². The number of carbonyl (C=O) groups excluding carboxylic acids is 1. The molecular formula is C14H19BrN2OS. The molecule has 0 saturated heterocycles. The Labute approximate surface area is 126 Å². The summed E-state index contributed by atoms with van der Waals surface area (Å²) in [7, 11) is 0. The van der Waals surface area contributed by atoms with Crippen LogP contribution in [0.4, 0.5) is 5.69 Å². The van der Waals surface area contributed by atoms with Gasteiger partial charge in [-0.2, -0.15) is 11.8 Å². The molecule has 0 atom stereocenters. The number of carbonyl (C=O) groups is 1. The quantitative estimate of drug-likeness (QED) is 0.827. The highest BCUT2D eigenvalue weighted by molar-refractivity contribution is 9.10. The summed E-state index contributed by atoms with van der Waals surface area (Å²) in [6, 6.07) is 5.63. The average Bonchev–Trinajstić information content (AvgIpc) is 2.42. The molecule has 1 amide bonds. The molecule has 0 heterocycles. The molecule has 104 valence electrons. The molecule has 3 N–H and O–H groups in total. The summed E-state index contributed by atoms with van der Waals surface area (Å²) < 4.78 is 0.824. The van der Waals surface area contributed by atoms with E-state index in [1.807, 2.05) is 17.8 Å². The Morgan fingerprint density at radius 2 is 2.05 bits per heavy atom. The fraction of sp³-hybridized carbons (Fsp3) is 0.500. The van der Waals surface area contributed by atoms with Crippen molar-refractivity contribution in [3.05, 3.63) is 28.2 Å². The van der Waals surface area contributed by atoms with Crippen LogP contribution in [0, 0.1) is 0 Å². The lowest BCUT2D eigenvalue weighted by Crippen LogP contribution is -2.38. The number of nitrogen functional groups attached to an aromatic ring is 1. The number of benzene rings is 1. The summed E-state index contributed by atoms with van der Waals surface area (Å²) in [6.07, 6.45) is 6.68. The van der Waals surface area contributed by atoms with Crippen molar-refractivity contribution >= 4 is 39.3 Å². The standard InChI is InChI=1S/C14H19BrN2OS/c1-19-11-5-3-10(4-6-11)17-14(18)9-2-7-12(15)13(16)8-9/h2,7-8,10-11H,3-6,16H2,1H3,(H,17,18). The molecule has 1 aromatic carbocycles. The summed E-state index contributed by atoms with van der Waals surface area (Å²) in [6.45, 7) is 0. The minimum atomic E-state index is -0.0215. The van der Waals surface area contributed by atoms with Gasteiger partial charge in [0.05, 0.1) is 0 Å². The molecule has 1 aromatic rings. The molecular weight excluding hydrogens is 324 g/mol. The van der Waals surface area contributed by atoms with Gasteiger partial charge in [-0.1, -0.05) is 0 Å². The van der Waals surface area contributed by atoms with Crippen molar-refractivity contribution < 1.29 is 4.79 Å². The van der Waals surface area contributed by atoms with E-state index in [0.29, 0.717) is 17.3 Å². The first-order valence-corrected chi connectivity index (χ1v) is 8.57. The second-order valence-corrected chi connectivity index (χ2v) is 6.91. The number of halogens is 1. The van der Waals surface area contributed by atoms with E-state index in [4.69, 9.17) is 5.73 Å². The van der Waals surface area contributed by atoms with Crippen LogP contribution in [0.1, 0.15) is 36.0 Å². The van der Waals surface area contributed by atoms with Gasteiger partial charge in [0.15, 0.2) is 0 Å². The van der Waals surface area contributed by atoms with Gasteiger partial charge in [-0.3, -0.25) is 4.79 Å². The van der Waals surface area contributed by atoms with E-state index in [1.54, 1.807) is 12.1 Å². The molecule has 0 unspecified atom stereocenters. The number of rotatable bonds is 3. The van der Waals surface area contributed by atoms with E-state index < -0.39 is 0 Å². The third-order valence-corrected chi connectivity index (χ3v) is 5.46. The zero-order valence-electron chi connectivity index (χ0n) is 11.0. The predicted molar refractivity (Wildman–Crippen MR) is 85.6 cm³/mol. The number of hydrogen-bond acceptors (Lipinski definition) is 3. The van der Waals surface area contributed by atoms with Crippen LogP contribution in [0.3, 0.4) is 0 Å². The molecule has 5 heteroatoms. The van der Waals surface area contributed by atoms with E-state index in [9.17, 15) is 4.79 Å². The van der Waals surface area contributed by atoms with Gasteiger partial charge >= 0.3 is 0 Å². The lowest BCUT2D eigenvalue weighted by Gasteiger charge is -2.28. The number of thioether (sulfide) groups is 1. The van der Waals surface area contributed by atoms with Gasteiger partial charge in [-0.05, 0) is 66.1 Å². The number of hydrogen-bond donors (Lipinski definition) is 2. The average molecular weight is 343 g/mol. The van der Waals surface area contributed by atoms with Gasteiger partial charge in [-0.15, -0.1) is 0 Å². The molecule has 0 aliphatic heterocycles. The molecule has 0 aromatic heterocycles. The van der Waals surface area contributed by atoms with Crippen LogP contribution < -0.4 is 11.1 Å². The van der Waals surface area contributed by atoms with Crippen LogP contribution in [-0.2, 0) is 0 Å². The fourth-order valence-electron chi connectivity index (χ4n) is 2.40. The van der Waals surface area contributed by atoms with Gasteiger partial charge in [0.2, 0.25) is 0 Å². The fourth-order valence-corrected chi connectivity index (χ4v) is 3.39. The Hall–Kier alpha value is -0.680. The third-order valence-electron chi connectivity index (χ3n) is 3.60. The van der Waals surface area contributed by atoms with E-state index in [-0.39, 0.29) is 5.91 Å². The second-order valence-electron chi connectivity index (χ2n) is 4.92. The van der Waals surface area contributed by atoms with Crippen LogP contribution in [0.2, 0.25) is 0 Å². The van der Waals surface area contributed by atoms with Gasteiger partial charge in [-0.25, -0.2) is 0 Å². The van der Waals surface area contributed by atoms with Crippen molar-refractivity contribution in [2.75, 3.05) is 12.0 Å². The summed E-state index contributed by atoms with van der Waals surface area (Å²) in [5.41, 5.74) is 7.03. The minimum absolute atomic E-state index is 0.0215. The zero-order chi connectivity index (χ0) is 13.8. The van der Waals surface area contributed by atoms with Crippen LogP contribution >= 0.6 is 27.7 Å². The van der Waals surface area contributed by atoms with Crippen LogP contribution in [-0.4, -0.2) is 23.5 Å². The summed E-state index contributed by atoms with van der Waals surface area (Å²) >= 11 is 5.26. The molecule has 1 fully saturated rings. The van der Waals surface area contributed by atoms with Crippen LogP contribution in [0.25, 0.3) is 0 Å². The Bertz CT molecular complexity index is 459. The monoisotopic (exact) mass is 342 g/mol. The molecule has 1 aliphatic rings. The van der Waals surface area contributed by atoms with Crippen molar-refractivity contribution in [1.29, 1.82) is 0 Å². The van der Waals surface area contributed by atoms with E-state index >= 15 is 0 Å². The molecule has 0 spiro atoms. The van der Waals surface area contributed by atoms with Crippen molar-refractivity contribution in [2.45, 2.75) is 37.0 Å². The van der Waals surface area contributed by atoms with Crippen LogP contribution in [0.15, 0.2) is 22.7 Å². The topological polar surface area (TPSA) is 55.1 Å². The van der Waals surface area contributed by atoms with E-state index in [1.165, 1.54) is 12.8 Å². The maximum Gasteiger partial charge on any atom is 0.251 e. The molecule has 1 saturated carbocycles. The number of nitrogens with two attached hydrogens (primary N) is 1. The maximum atomic E-state index is 12.1. The molecule has 1 aliphatic carbocycles. The van der Waals surface area contributed by atoms with Crippen LogP contribution in [0.5, 0.6) is 0 Å². The number of anilines is 1. The first kappa shape index (κ1) is 14.7. The third kappa shape index (κ3) is 3.89. The highest BCUT2D eigenvalue weighted by Gasteiger charge is 2.22. The minimum Gasteiger partial charge on any atom is -0.398 e. The van der Waals surface area contributed by atoms with E-state index in [0.717, 1.165) is 22.6 Å². The normalized spacial score (nSPS) is 23.1. The summed E-state index contributed by atoms with van der Waals surface area (Å²) in [4.78, 5) is 12.1. The Balaban J connectivity index is 1.92. The largest absolute Gasteiger partial charge is 0.398 e. The van der Waals surface area contributed by atoms with Gasteiger partial charge in [0.1, 0.15) is 0 Å². The summed E-state index contributed by atoms with van der Waals surface area (Å²) in [5.74, 6) is -0.0215. The van der Waals surface area contributed by atoms with Gasteiger partial charge < -0.3 is 11.1 Å². The molecule has 0 radical (unpaired) electrons. The molecule has 0 bridgehead atoms. The SMILES string of the molecule is CSC1CCC(NC(=O)c2ccc(Br)c(N)c2)CC1. The smallest absolute Gasteiger partial charge is 0.251 e. The van der Waals surface area contributed by atoms with E-state index in [2.05, 4.69) is 27.5 Å². The van der Waals surface area contributed by atoms with Gasteiger partial charge in [0, 0.05) is 27.0 Å². The number of amides is 1. The Kier molecular flexibility index (Phi) is 5.16. The first-order chi connectivity index (χ1) is 9.10. The Morgan fingerprint density at radius 3 is 2.63 bits per heavy atom. The first-order valence-electron chi connectivity index (χ1n) is 6.49. The second kappa shape index (κ2) is 6.66.